The topological polar surface area (TPSA) is 107 Å². The molecule has 90 valence electrons. The van der Waals surface area contributed by atoms with Gasteiger partial charge in [0.15, 0.2) is 5.78 Å². The zero-order chi connectivity index (χ0) is 12.8. The first kappa shape index (κ1) is 13.3. The monoisotopic (exact) mass is 234 g/mol. The maximum absolute atomic E-state index is 11.6. The van der Waals surface area contributed by atoms with Crippen LogP contribution in [0.5, 0.6) is 0 Å². The number of rotatable bonds is 5. The Morgan fingerprint density at radius 1 is 1.41 bits per heavy atom. The van der Waals surface area contributed by atoms with E-state index in [1.165, 1.54) is 12.1 Å². The van der Waals surface area contributed by atoms with Gasteiger partial charge in [0.25, 0.3) is 0 Å². The smallest absolute Gasteiger partial charge is 0.177 e. The molecule has 0 aliphatic carbocycles. The minimum atomic E-state index is -1.22. The van der Waals surface area contributed by atoms with Crippen LogP contribution in [0.15, 0.2) is 24.3 Å². The second kappa shape index (κ2) is 6.11. The van der Waals surface area contributed by atoms with Crippen LogP contribution in [0.2, 0.25) is 0 Å². The van der Waals surface area contributed by atoms with Crippen LogP contribution in [-0.4, -0.2) is 28.6 Å². The molecule has 5 nitrogen and oxygen atoms in total. The highest BCUT2D eigenvalue weighted by atomic mass is 16.3. The van der Waals surface area contributed by atoms with Gasteiger partial charge in [0.05, 0.1) is 18.6 Å². The van der Waals surface area contributed by atoms with E-state index in [1.54, 1.807) is 18.2 Å². The molecule has 0 aliphatic heterocycles. The minimum Gasteiger partial charge on any atom is -0.389 e. The molecular weight excluding hydrogens is 220 g/mol. The number of aliphatic hydroxyl groups is 2. The number of benzene rings is 1. The number of Topliss-reactive ketones (excluding diaryl/α,β-unsaturated/α-hetero) is 1. The van der Waals surface area contributed by atoms with Gasteiger partial charge in [0.2, 0.25) is 0 Å². The van der Waals surface area contributed by atoms with E-state index in [-0.39, 0.29) is 24.3 Å². The molecule has 0 aromatic heterocycles. The molecule has 1 aromatic carbocycles. The van der Waals surface area contributed by atoms with Crippen LogP contribution in [0.1, 0.15) is 28.4 Å². The predicted molar refractivity (Wildman–Crippen MR) is 61.0 cm³/mol. The highest BCUT2D eigenvalue weighted by Crippen LogP contribution is 2.21. The Kier molecular flexibility index (Phi) is 4.79. The summed E-state index contributed by atoms with van der Waals surface area (Å²) in [7, 11) is 0. The number of hydrogen-bond acceptors (Lipinski definition) is 5. The van der Waals surface area contributed by atoms with Crippen LogP contribution < -0.4 is 5.73 Å². The third-order valence-corrected chi connectivity index (χ3v) is 2.43. The van der Waals surface area contributed by atoms with E-state index < -0.39 is 12.2 Å². The number of nitriles is 1. The summed E-state index contributed by atoms with van der Waals surface area (Å²) in [5.41, 5.74) is 5.79. The van der Waals surface area contributed by atoms with Gasteiger partial charge in [-0.25, -0.2) is 0 Å². The van der Waals surface area contributed by atoms with E-state index in [1.807, 2.05) is 0 Å². The first-order valence-electron chi connectivity index (χ1n) is 5.17. The zero-order valence-electron chi connectivity index (χ0n) is 9.21. The van der Waals surface area contributed by atoms with Crippen molar-refractivity contribution in [3.05, 3.63) is 35.4 Å². The van der Waals surface area contributed by atoms with Crippen molar-refractivity contribution < 1.29 is 15.0 Å². The molecule has 0 saturated carbocycles. The lowest BCUT2D eigenvalue weighted by molar-refractivity contribution is 0.0238. The lowest BCUT2D eigenvalue weighted by Crippen LogP contribution is -2.28. The Labute approximate surface area is 99.1 Å². The molecule has 0 spiro atoms. The summed E-state index contributed by atoms with van der Waals surface area (Å²) in [6.45, 7) is -0.109. The van der Waals surface area contributed by atoms with Crippen molar-refractivity contribution in [1.29, 1.82) is 5.26 Å². The molecule has 0 saturated heterocycles. The van der Waals surface area contributed by atoms with Gasteiger partial charge in [0, 0.05) is 12.1 Å². The summed E-state index contributed by atoms with van der Waals surface area (Å²) in [5, 5.41) is 27.8. The van der Waals surface area contributed by atoms with E-state index in [0.29, 0.717) is 5.56 Å². The largest absolute Gasteiger partial charge is 0.389 e. The molecule has 2 atom stereocenters. The molecule has 1 rings (SSSR count). The van der Waals surface area contributed by atoms with Gasteiger partial charge in [-0.05, 0) is 5.56 Å². The molecule has 4 N–H and O–H groups in total. The number of aliphatic hydroxyl groups excluding tert-OH is 2. The molecule has 1 aromatic rings. The average Bonchev–Trinajstić information content (AvgIpc) is 2.37. The van der Waals surface area contributed by atoms with Gasteiger partial charge in [-0.2, -0.15) is 5.26 Å². The molecule has 17 heavy (non-hydrogen) atoms. The molecule has 5 heteroatoms. The van der Waals surface area contributed by atoms with E-state index in [0.717, 1.165) is 0 Å². The molecule has 0 fully saturated rings. The molecule has 0 aliphatic rings. The van der Waals surface area contributed by atoms with E-state index in [2.05, 4.69) is 0 Å². The molecular formula is C12H14N2O3. The Morgan fingerprint density at radius 3 is 2.65 bits per heavy atom. The Balaban J connectivity index is 3.08. The van der Waals surface area contributed by atoms with E-state index in [4.69, 9.17) is 11.0 Å². The van der Waals surface area contributed by atoms with Gasteiger partial charge in [-0.15, -0.1) is 0 Å². The Bertz CT molecular complexity index is 440. The van der Waals surface area contributed by atoms with Crippen LogP contribution in [0.3, 0.4) is 0 Å². The quantitative estimate of drug-likeness (QED) is 0.628. The van der Waals surface area contributed by atoms with Crippen LogP contribution in [-0.2, 0) is 0 Å². The first-order chi connectivity index (χ1) is 8.11. The van der Waals surface area contributed by atoms with Crippen molar-refractivity contribution in [3.8, 4) is 6.07 Å². The first-order valence-corrected chi connectivity index (χ1v) is 5.17. The summed E-state index contributed by atoms with van der Waals surface area (Å²) >= 11 is 0. The highest BCUT2D eigenvalue weighted by Gasteiger charge is 2.22. The van der Waals surface area contributed by atoms with Gasteiger partial charge in [-0.3, -0.25) is 4.79 Å². The third-order valence-electron chi connectivity index (χ3n) is 2.43. The van der Waals surface area contributed by atoms with Crippen molar-refractivity contribution in [2.75, 3.05) is 6.54 Å². The van der Waals surface area contributed by atoms with Crippen LogP contribution in [0, 0.1) is 11.3 Å². The molecule has 0 heterocycles. The summed E-state index contributed by atoms with van der Waals surface area (Å²) in [6.07, 6.45) is -2.62. The molecule has 0 radical (unpaired) electrons. The van der Waals surface area contributed by atoms with Crippen LogP contribution >= 0.6 is 0 Å². The maximum atomic E-state index is 11.6. The second-order valence-corrected chi connectivity index (χ2v) is 3.59. The maximum Gasteiger partial charge on any atom is 0.177 e. The van der Waals surface area contributed by atoms with Gasteiger partial charge >= 0.3 is 0 Å². The fourth-order valence-electron chi connectivity index (χ4n) is 1.51. The van der Waals surface area contributed by atoms with Gasteiger partial charge in [0.1, 0.15) is 6.10 Å². The number of ketones is 1. The van der Waals surface area contributed by atoms with Gasteiger partial charge in [-0.1, -0.05) is 24.3 Å². The van der Waals surface area contributed by atoms with Crippen molar-refractivity contribution in [1.82, 2.24) is 0 Å². The standard InChI is InChI=1S/C12H14N2O3/c13-6-5-10(15)8-3-1-2-4-9(8)12(17)11(16)7-14/h1-4,11-12,16-17H,5,7,14H2. The highest BCUT2D eigenvalue weighted by molar-refractivity contribution is 5.98. The summed E-state index contributed by atoms with van der Waals surface area (Å²) in [4.78, 5) is 11.6. The number of carbonyl (C=O) groups excluding carboxylic acids is 1. The lowest BCUT2D eigenvalue weighted by atomic mass is 9.95. The minimum absolute atomic E-state index is 0.109. The fraction of sp³-hybridized carbons (Fsp3) is 0.333. The van der Waals surface area contributed by atoms with E-state index >= 15 is 0 Å². The van der Waals surface area contributed by atoms with Crippen LogP contribution in [0.25, 0.3) is 0 Å². The summed E-state index contributed by atoms with van der Waals surface area (Å²) < 4.78 is 0. The van der Waals surface area contributed by atoms with Crippen molar-refractivity contribution >= 4 is 5.78 Å². The van der Waals surface area contributed by atoms with Crippen molar-refractivity contribution in [2.24, 2.45) is 5.73 Å². The predicted octanol–water partition coefficient (Wildman–Crippen LogP) is 0.136. The zero-order valence-corrected chi connectivity index (χ0v) is 9.21. The third kappa shape index (κ3) is 3.11. The normalized spacial score (nSPS) is 13.8. The number of hydrogen-bond donors (Lipinski definition) is 3. The summed E-state index contributed by atoms with van der Waals surface area (Å²) in [5.74, 6) is -0.383. The molecule has 0 amide bonds. The summed E-state index contributed by atoms with van der Waals surface area (Å²) in [6, 6.07) is 8.09. The average molecular weight is 234 g/mol. The van der Waals surface area contributed by atoms with Gasteiger partial charge < -0.3 is 15.9 Å². The van der Waals surface area contributed by atoms with Crippen molar-refractivity contribution in [2.45, 2.75) is 18.6 Å². The number of nitrogens with two attached hydrogens (primary N) is 1. The SMILES string of the molecule is N#CCC(=O)c1ccccc1C(O)C(O)CN. The Morgan fingerprint density at radius 2 is 2.06 bits per heavy atom. The second-order valence-electron chi connectivity index (χ2n) is 3.59. The molecule has 0 bridgehead atoms. The van der Waals surface area contributed by atoms with Crippen molar-refractivity contribution in [3.63, 3.8) is 0 Å². The van der Waals surface area contributed by atoms with E-state index in [9.17, 15) is 15.0 Å². The fourth-order valence-corrected chi connectivity index (χ4v) is 1.51. The molecule has 2 unspecified atom stereocenters. The Hall–Kier alpha value is -1.74. The van der Waals surface area contributed by atoms with Crippen LogP contribution in [0.4, 0.5) is 0 Å². The number of carbonyl (C=O) groups is 1. The lowest BCUT2D eigenvalue weighted by Gasteiger charge is -2.18. The number of nitrogens with zero attached hydrogens (tertiary/aromatic N) is 1.